The molecule has 0 amide bonds. The molecule has 61 heavy (non-hydrogen) atoms. The summed E-state index contributed by atoms with van der Waals surface area (Å²) in [7, 11) is 0. The van der Waals surface area contributed by atoms with Gasteiger partial charge in [0, 0.05) is 44.5 Å². The Bertz CT molecular complexity index is 2990. The standard InChI is InChI=1S/C57H59BN2O/c1-53(2,3)35-25-26-45(38(29-35)34-19-14-13-15-20-34)59-47-31-36(54(4,5)6)30-39-37-21-18-23-42-51(37)60(46-24-17-16-22-41(46)57(42,11)12)58(49(39)47)50-40-32-43-44(33-48(40)61-52(50)59)56(9,10)28-27-55(43,7)8/h13-26,29-33H,27-28H2,1-12H3. The molecule has 11 rings (SSSR count). The average molecular weight is 799 g/mol. The van der Waals surface area contributed by atoms with Gasteiger partial charge in [-0.05, 0) is 121 Å². The van der Waals surface area contributed by atoms with E-state index in [4.69, 9.17) is 4.42 Å². The summed E-state index contributed by atoms with van der Waals surface area (Å²) >= 11 is 0. The van der Waals surface area contributed by atoms with Gasteiger partial charge in [0.2, 0.25) is 5.88 Å². The van der Waals surface area contributed by atoms with Gasteiger partial charge in [-0.1, -0.05) is 162 Å². The molecule has 0 saturated heterocycles. The van der Waals surface area contributed by atoms with Gasteiger partial charge in [0.1, 0.15) is 5.58 Å². The van der Waals surface area contributed by atoms with E-state index in [1.54, 1.807) is 0 Å². The van der Waals surface area contributed by atoms with Gasteiger partial charge in [0.15, 0.2) is 0 Å². The molecule has 0 spiro atoms. The number of anilines is 5. The number of hydrogen-bond acceptors (Lipinski definition) is 3. The summed E-state index contributed by atoms with van der Waals surface area (Å²) in [4.78, 5) is 5.24. The van der Waals surface area contributed by atoms with E-state index in [9.17, 15) is 0 Å². The first kappa shape index (κ1) is 38.4. The van der Waals surface area contributed by atoms with Crippen LogP contribution in [0.3, 0.4) is 0 Å². The van der Waals surface area contributed by atoms with Crippen molar-refractivity contribution in [2.45, 2.75) is 123 Å². The molecular formula is C57H59BN2O. The van der Waals surface area contributed by atoms with Crippen molar-refractivity contribution in [1.29, 1.82) is 0 Å². The molecule has 0 atom stereocenters. The molecule has 4 aliphatic rings. The molecule has 0 radical (unpaired) electrons. The van der Waals surface area contributed by atoms with E-state index in [-0.39, 0.29) is 33.9 Å². The molecule has 4 heterocycles. The Morgan fingerprint density at radius 1 is 0.525 bits per heavy atom. The Labute approximate surface area is 363 Å². The van der Waals surface area contributed by atoms with Gasteiger partial charge in [-0.3, -0.25) is 4.90 Å². The second-order valence-electron chi connectivity index (χ2n) is 22.5. The van der Waals surface area contributed by atoms with Crippen molar-refractivity contribution in [2.75, 3.05) is 9.71 Å². The Kier molecular flexibility index (Phi) is 7.78. The molecular weight excluding hydrogens is 739 g/mol. The highest BCUT2D eigenvalue weighted by molar-refractivity contribution is 6.95. The number of benzene rings is 6. The molecule has 1 aromatic heterocycles. The van der Waals surface area contributed by atoms with Gasteiger partial charge in [0.05, 0.1) is 5.69 Å². The lowest BCUT2D eigenvalue weighted by atomic mass is 9.42. The Hall–Kier alpha value is -5.48. The molecule has 0 saturated carbocycles. The summed E-state index contributed by atoms with van der Waals surface area (Å²) in [5.74, 6) is 0.923. The van der Waals surface area contributed by atoms with E-state index >= 15 is 0 Å². The maximum Gasteiger partial charge on any atom is 0.337 e. The molecule has 306 valence electrons. The molecule has 1 aliphatic carbocycles. The van der Waals surface area contributed by atoms with Gasteiger partial charge in [-0.25, -0.2) is 0 Å². The molecule has 0 fully saturated rings. The zero-order chi connectivity index (χ0) is 42.8. The summed E-state index contributed by atoms with van der Waals surface area (Å²) in [5.41, 5.74) is 21.6. The second kappa shape index (κ2) is 12.3. The van der Waals surface area contributed by atoms with E-state index in [1.807, 2.05) is 0 Å². The smallest absolute Gasteiger partial charge is 0.337 e. The minimum atomic E-state index is -0.184. The lowest BCUT2D eigenvalue weighted by molar-refractivity contribution is 0.332. The Morgan fingerprint density at radius 3 is 1.87 bits per heavy atom. The zero-order valence-electron chi connectivity index (χ0n) is 38.3. The summed E-state index contributed by atoms with van der Waals surface area (Å²) in [6.45, 7) is 28.5. The van der Waals surface area contributed by atoms with Crippen molar-refractivity contribution >= 4 is 57.4 Å². The summed E-state index contributed by atoms with van der Waals surface area (Å²) in [6.07, 6.45) is 2.31. The van der Waals surface area contributed by atoms with Gasteiger partial charge in [-0.2, -0.15) is 0 Å². The third kappa shape index (κ3) is 5.36. The first-order chi connectivity index (χ1) is 28.8. The van der Waals surface area contributed by atoms with Gasteiger partial charge >= 0.3 is 6.85 Å². The minimum Gasteiger partial charge on any atom is -0.440 e. The van der Waals surface area contributed by atoms with Crippen LogP contribution in [-0.2, 0) is 27.1 Å². The van der Waals surface area contributed by atoms with Gasteiger partial charge in [-0.15, -0.1) is 0 Å². The summed E-state index contributed by atoms with van der Waals surface area (Å²) in [6, 6.07) is 44.4. The van der Waals surface area contributed by atoms with Gasteiger partial charge < -0.3 is 9.23 Å². The van der Waals surface area contributed by atoms with Crippen LogP contribution in [-0.4, -0.2) is 6.85 Å². The highest BCUT2D eigenvalue weighted by atomic mass is 16.4. The highest BCUT2D eigenvalue weighted by Crippen LogP contribution is 2.58. The molecule has 4 heteroatoms. The zero-order valence-corrected chi connectivity index (χ0v) is 38.3. The summed E-state index contributed by atoms with van der Waals surface area (Å²) in [5, 5.41) is 1.22. The maximum atomic E-state index is 7.61. The molecule has 0 unspecified atom stereocenters. The number of nitrogens with zero attached hydrogens (tertiary/aromatic N) is 2. The van der Waals surface area contributed by atoms with E-state index < -0.39 is 0 Å². The molecule has 7 aromatic rings. The topological polar surface area (TPSA) is 19.6 Å². The number of furan rings is 1. The van der Waals surface area contributed by atoms with Crippen molar-refractivity contribution in [3.05, 3.63) is 149 Å². The van der Waals surface area contributed by atoms with Crippen molar-refractivity contribution in [2.24, 2.45) is 0 Å². The average Bonchev–Trinajstić information content (AvgIpc) is 3.59. The van der Waals surface area contributed by atoms with E-state index in [1.165, 1.54) is 89.0 Å². The predicted molar refractivity (Wildman–Crippen MR) is 260 cm³/mol. The predicted octanol–water partition coefficient (Wildman–Crippen LogP) is 14.4. The van der Waals surface area contributed by atoms with Crippen molar-refractivity contribution < 1.29 is 4.42 Å². The fourth-order valence-electron chi connectivity index (χ4n) is 11.4. The molecule has 0 bridgehead atoms. The number of para-hydroxylation sites is 2. The quantitative estimate of drug-likeness (QED) is 0.162. The Morgan fingerprint density at radius 2 is 1.16 bits per heavy atom. The van der Waals surface area contributed by atoms with E-state index in [2.05, 4.69) is 208 Å². The van der Waals surface area contributed by atoms with E-state index in [0.29, 0.717) is 0 Å². The van der Waals surface area contributed by atoms with Crippen molar-refractivity contribution in [3.63, 3.8) is 0 Å². The molecule has 6 aromatic carbocycles. The van der Waals surface area contributed by atoms with Crippen molar-refractivity contribution in [1.82, 2.24) is 0 Å². The lowest BCUT2D eigenvalue weighted by Crippen LogP contribution is -2.62. The highest BCUT2D eigenvalue weighted by Gasteiger charge is 2.53. The van der Waals surface area contributed by atoms with E-state index in [0.717, 1.165) is 30.0 Å². The SMILES string of the molecule is CC(C)(C)c1ccc(N2c3cc(C(C)(C)C)cc4c3B(c3c2oc2cc5c(cc32)C(C)(C)CCC5(C)C)N2c3ccccc3C(C)(C)c3cccc-4c32)c(-c2ccccc2)c1. The van der Waals surface area contributed by atoms with Crippen LogP contribution in [0.2, 0.25) is 0 Å². The first-order valence-electron chi connectivity index (χ1n) is 22.6. The third-order valence-corrected chi connectivity index (χ3v) is 15.2. The number of rotatable bonds is 2. The van der Waals surface area contributed by atoms with Crippen LogP contribution in [0.4, 0.5) is 28.6 Å². The fourth-order valence-corrected chi connectivity index (χ4v) is 11.4. The summed E-state index contributed by atoms with van der Waals surface area (Å²) < 4.78 is 7.61. The molecule has 3 aliphatic heterocycles. The third-order valence-electron chi connectivity index (χ3n) is 15.2. The fraction of sp³-hybridized carbons (Fsp3) is 0.333. The molecule has 3 nitrogen and oxygen atoms in total. The number of fused-ring (bicyclic) bond motifs is 9. The van der Waals surface area contributed by atoms with Crippen LogP contribution in [0.5, 0.6) is 0 Å². The van der Waals surface area contributed by atoms with Crippen molar-refractivity contribution in [3.8, 4) is 22.3 Å². The van der Waals surface area contributed by atoms with Crippen LogP contribution in [0.15, 0.2) is 120 Å². The monoisotopic (exact) mass is 798 g/mol. The van der Waals surface area contributed by atoms with Crippen LogP contribution in [0.25, 0.3) is 33.2 Å². The second-order valence-corrected chi connectivity index (χ2v) is 22.5. The molecule has 0 N–H and O–H groups in total. The largest absolute Gasteiger partial charge is 0.440 e. The lowest BCUT2D eigenvalue weighted by Gasteiger charge is -2.50. The van der Waals surface area contributed by atoms with Crippen LogP contribution in [0.1, 0.15) is 129 Å². The van der Waals surface area contributed by atoms with Crippen LogP contribution >= 0.6 is 0 Å². The number of hydrogen-bond donors (Lipinski definition) is 0. The first-order valence-corrected chi connectivity index (χ1v) is 22.6. The minimum absolute atomic E-state index is 0.0274. The maximum absolute atomic E-state index is 7.61. The van der Waals surface area contributed by atoms with Crippen LogP contribution in [0, 0.1) is 0 Å². The van der Waals surface area contributed by atoms with Gasteiger partial charge in [0.25, 0.3) is 0 Å². The Balaban J connectivity index is 1.33. The van der Waals surface area contributed by atoms with Crippen LogP contribution < -0.4 is 20.6 Å². The normalized spacial score (nSPS) is 17.7.